The largest absolute Gasteiger partial charge is 0.481 e. The number of hydrogen-bond donors (Lipinski definition) is 1. The number of nitrogens with zero attached hydrogens (tertiary/aromatic N) is 2. The summed E-state index contributed by atoms with van der Waals surface area (Å²) in [6.45, 7) is 15.8. The van der Waals surface area contributed by atoms with Crippen LogP contribution in [0.15, 0.2) is 56.5 Å². The smallest absolute Gasteiger partial charge is 0.415 e. The maximum atomic E-state index is 13.2. The van der Waals surface area contributed by atoms with E-state index < -0.39 is 44.1 Å². The SMILES string of the molecule is CC1(C)CC[C@]2(C(=O)O)CC[C@]3(C)C(=CC[C@@H]4[C@@]5(C)CC[C@H](OC(=O)CCC(=O)OCC#CCOc6no[n+]([O-])c6S(=O)(=O)c6ccccc6)C(C)(C)[C@@H]5CC[C@]43C)[C@@H]2C1. The van der Waals surface area contributed by atoms with Gasteiger partial charge in [-0.25, -0.2) is 8.42 Å². The first-order valence-corrected chi connectivity index (χ1v) is 22.9. The minimum Gasteiger partial charge on any atom is -0.481 e. The standard InChI is InChI=1S/C46H60N2O11S/c1-41(2)23-25-46(40(51)52)26-24-44(6)31(32(46)29-41)15-16-34-43(5)21-20-35(42(3,4)33(43)19-22-45(34,44)7)58-37(50)18-17-36(49)56-27-11-12-28-57-38-39(48(53)59-47-38)60(54,55)30-13-9-8-10-14-30/h8-10,13-15,32-35H,16-29H2,1-7H3,(H,51,52)/t32-,33-,34+,35-,43-,44+,45+,46-/m0/s1. The fourth-order valence-corrected chi connectivity index (χ4v) is 14.2. The molecule has 0 amide bonds. The first kappa shape index (κ1) is 43.7. The molecule has 326 valence electrons. The highest BCUT2D eigenvalue weighted by molar-refractivity contribution is 7.91. The predicted molar refractivity (Wildman–Crippen MR) is 217 cm³/mol. The van der Waals surface area contributed by atoms with E-state index in [1.165, 1.54) is 29.8 Å². The van der Waals surface area contributed by atoms with Crippen molar-refractivity contribution in [3.8, 4) is 17.7 Å². The van der Waals surface area contributed by atoms with Crippen molar-refractivity contribution in [1.29, 1.82) is 0 Å². The van der Waals surface area contributed by atoms with Crippen molar-refractivity contribution in [2.45, 2.75) is 142 Å². The van der Waals surface area contributed by atoms with Crippen LogP contribution in [0.3, 0.4) is 0 Å². The molecule has 0 spiro atoms. The van der Waals surface area contributed by atoms with E-state index in [0.717, 1.165) is 64.2 Å². The number of carboxylic acids is 1. The number of fused-ring (bicyclic) bond motifs is 7. The summed E-state index contributed by atoms with van der Waals surface area (Å²) in [7, 11) is -4.28. The lowest BCUT2D eigenvalue weighted by molar-refractivity contribution is -0.832. The van der Waals surface area contributed by atoms with E-state index in [2.05, 4.69) is 76.2 Å². The van der Waals surface area contributed by atoms with E-state index >= 15 is 0 Å². The van der Waals surface area contributed by atoms with E-state index in [4.69, 9.17) is 14.2 Å². The number of allylic oxidation sites excluding steroid dienone is 2. The van der Waals surface area contributed by atoms with Gasteiger partial charge in [0.15, 0.2) is 13.2 Å². The number of carboxylic acid groups (broad SMARTS) is 1. The Kier molecular flexibility index (Phi) is 11.3. The molecule has 0 bridgehead atoms. The summed E-state index contributed by atoms with van der Waals surface area (Å²) in [6.07, 6.45) is 10.8. The van der Waals surface area contributed by atoms with Gasteiger partial charge in [-0.1, -0.05) is 90.2 Å². The summed E-state index contributed by atoms with van der Waals surface area (Å²) < 4.78 is 46.8. The van der Waals surface area contributed by atoms with Crippen LogP contribution in [0.2, 0.25) is 0 Å². The van der Waals surface area contributed by atoms with E-state index in [0.29, 0.717) is 11.8 Å². The van der Waals surface area contributed by atoms with Gasteiger partial charge in [-0.15, -0.1) is 0 Å². The van der Waals surface area contributed by atoms with Gasteiger partial charge in [0.05, 0.1) is 28.3 Å². The van der Waals surface area contributed by atoms with E-state index in [1.807, 2.05) is 0 Å². The summed E-state index contributed by atoms with van der Waals surface area (Å²) in [5.41, 5.74) is 0.553. The Bertz CT molecular complexity index is 2220. The second kappa shape index (κ2) is 15.5. The highest BCUT2D eigenvalue weighted by atomic mass is 32.2. The molecule has 8 atom stereocenters. The van der Waals surface area contributed by atoms with E-state index in [-0.39, 0.29) is 75.0 Å². The van der Waals surface area contributed by atoms with Crippen LogP contribution in [-0.2, 0) is 33.7 Å². The molecule has 0 aliphatic heterocycles. The molecule has 0 unspecified atom stereocenters. The third-order valence-electron chi connectivity index (χ3n) is 16.4. The predicted octanol–water partition coefficient (Wildman–Crippen LogP) is 7.64. The van der Waals surface area contributed by atoms with Gasteiger partial charge in [0, 0.05) is 5.41 Å². The van der Waals surface area contributed by atoms with Crippen molar-refractivity contribution in [2.75, 3.05) is 13.2 Å². The van der Waals surface area contributed by atoms with Gasteiger partial charge in [0.1, 0.15) is 6.10 Å². The van der Waals surface area contributed by atoms with Crippen LogP contribution in [-0.4, -0.2) is 55.9 Å². The second-order valence-electron chi connectivity index (χ2n) is 20.2. The number of hydrogen-bond acceptors (Lipinski definition) is 11. The Morgan fingerprint density at radius 2 is 1.58 bits per heavy atom. The number of aromatic nitrogens is 2. The van der Waals surface area contributed by atoms with Gasteiger partial charge in [0.25, 0.3) is 9.84 Å². The molecule has 13 nitrogen and oxygen atoms in total. The number of esters is 2. The second-order valence-corrected chi connectivity index (χ2v) is 22.0. The molecule has 4 saturated carbocycles. The summed E-state index contributed by atoms with van der Waals surface area (Å²) >= 11 is 0. The highest BCUT2D eigenvalue weighted by Gasteiger charge is 2.69. The molecule has 1 heterocycles. The van der Waals surface area contributed by atoms with Crippen LogP contribution in [0.4, 0.5) is 0 Å². The summed E-state index contributed by atoms with van der Waals surface area (Å²) in [6, 6.07) is 7.29. The maximum Gasteiger partial charge on any atom is 0.415 e. The summed E-state index contributed by atoms with van der Waals surface area (Å²) in [5.74, 6) is 3.73. The minimum atomic E-state index is -4.28. The molecule has 7 rings (SSSR count). The summed E-state index contributed by atoms with van der Waals surface area (Å²) in [5, 5.41) is 25.3. The Morgan fingerprint density at radius 1 is 0.900 bits per heavy atom. The quantitative estimate of drug-likeness (QED) is 0.107. The van der Waals surface area contributed by atoms with Gasteiger partial charge >= 0.3 is 28.8 Å². The number of carbonyl (C=O) groups excluding carboxylic acids is 2. The number of benzene rings is 1. The Labute approximate surface area is 353 Å². The fourth-order valence-electron chi connectivity index (χ4n) is 12.9. The molecule has 0 radical (unpaired) electrons. The lowest BCUT2D eigenvalue weighted by Gasteiger charge is -2.71. The molecule has 4 fully saturated rings. The van der Waals surface area contributed by atoms with Crippen LogP contribution in [0.1, 0.15) is 126 Å². The van der Waals surface area contributed by atoms with Gasteiger partial charge in [0.2, 0.25) is 0 Å². The van der Waals surface area contributed by atoms with Gasteiger partial charge in [-0.2, -0.15) is 0 Å². The van der Waals surface area contributed by atoms with Crippen molar-refractivity contribution in [1.82, 2.24) is 5.16 Å². The summed E-state index contributed by atoms with van der Waals surface area (Å²) in [4.78, 5) is 38.3. The molecule has 5 aliphatic rings. The normalized spacial score (nSPS) is 33.8. The number of rotatable bonds is 10. The molecule has 1 aromatic carbocycles. The van der Waals surface area contributed by atoms with Crippen LogP contribution in [0.5, 0.6) is 5.88 Å². The third-order valence-corrected chi connectivity index (χ3v) is 18.1. The van der Waals surface area contributed by atoms with Crippen LogP contribution in [0.25, 0.3) is 0 Å². The Morgan fingerprint density at radius 3 is 2.30 bits per heavy atom. The number of ether oxygens (including phenoxy) is 3. The van der Waals surface area contributed by atoms with Crippen LogP contribution < -0.4 is 9.64 Å². The average molecular weight is 849 g/mol. The van der Waals surface area contributed by atoms with Crippen molar-refractivity contribution in [2.24, 2.45) is 50.2 Å². The van der Waals surface area contributed by atoms with Crippen LogP contribution in [0, 0.1) is 67.3 Å². The fraction of sp³-hybridized carbons (Fsp3) is 0.674. The van der Waals surface area contributed by atoms with Crippen molar-refractivity contribution in [3.63, 3.8) is 0 Å². The first-order chi connectivity index (χ1) is 28.1. The monoisotopic (exact) mass is 848 g/mol. The molecule has 2 aromatic rings. The molecular formula is C46H60N2O11S. The van der Waals surface area contributed by atoms with Crippen LogP contribution >= 0.6 is 0 Å². The molecular weight excluding hydrogens is 789 g/mol. The lowest BCUT2D eigenvalue weighted by Crippen LogP contribution is -2.65. The Balaban J connectivity index is 0.920. The van der Waals surface area contributed by atoms with Crippen molar-refractivity contribution >= 4 is 27.7 Å². The zero-order valence-electron chi connectivity index (χ0n) is 36.0. The number of aliphatic carboxylic acids is 1. The van der Waals surface area contributed by atoms with Crippen molar-refractivity contribution < 1.29 is 51.7 Å². The number of sulfone groups is 1. The maximum absolute atomic E-state index is 13.2. The van der Waals surface area contributed by atoms with E-state index in [1.54, 1.807) is 6.07 Å². The van der Waals surface area contributed by atoms with Gasteiger partial charge in [-0.3, -0.25) is 19.0 Å². The minimum absolute atomic E-state index is 0.0165. The highest BCUT2D eigenvalue weighted by Crippen LogP contribution is 2.76. The zero-order chi connectivity index (χ0) is 43.5. The topological polar surface area (TPSA) is 186 Å². The molecule has 0 saturated heterocycles. The zero-order valence-corrected chi connectivity index (χ0v) is 36.8. The van der Waals surface area contributed by atoms with Gasteiger partial charge in [-0.05, 0) is 121 Å². The average Bonchev–Trinajstić information content (AvgIpc) is 3.57. The lowest BCUT2D eigenvalue weighted by atomic mass is 9.33. The Hall–Kier alpha value is -4.38. The molecule has 60 heavy (non-hydrogen) atoms. The molecule has 1 aromatic heterocycles. The van der Waals surface area contributed by atoms with Crippen molar-refractivity contribution in [3.05, 3.63) is 47.2 Å². The molecule has 1 N–H and O–H groups in total. The van der Waals surface area contributed by atoms with E-state index in [9.17, 15) is 33.1 Å². The first-order valence-electron chi connectivity index (χ1n) is 21.4. The molecule has 14 heteroatoms. The third kappa shape index (κ3) is 7.20. The number of carbonyl (C=O) groups is 3. The molecule has 5 aliphatic carbocycles. The van der Waals surface area contributed by atoms with Gasteiger partial charge < -0.3 is 24.5 Å².